The van der Waals surface area contributed by atoms with E-state index in [9.17, 15) is 23.1 Å². The van der Waals surface area contributed by atoms with Crippen molar-refractivity contribution in [1.82, 2.24) is 4.72 Å². The van der Waals surface area contributed by atoms with Gasteiger partial charge in [-0.15, -0.1) is 0 Å². The lowest BCUT2D eigenvalue weighted by atomic mass is 9.92. The molecule has 1 aliphatic heterocycles. The minimum atomic E-state index is -3.86. The Balaban J connectivity index is 2.23. The van der Waals surface area contributed by atoms with Crippen LogP contribution in [0.4, 0.5) is 5.69 Å². The maximum absolute atomic E-state index is 13.8. The Bertz CT molecular complexity index is 1280. The number of rotatable bonds is 9. The number of aliphatic hydroxyl groups is 1. The maximum atomic E-state index is 13.8. The van der Waals surface area contributed by atoms with E-state index in [2.05, 4.69) is 0 Å². The molecule has 1 heterocycles. The van der Waals surface area contributed by atoms with E-state index in [0.29, 0.717) is 33.3 Å². The van der Waals surface area contributed by atoms with E-state index in [1.165, 1.54) is 19.1 Å². The Kier molecular flexibility index (Phi) is 8.74. The highest BCUT2D eigenvalue weighted by atomic mass is 35.5. The number of sulfonamides is 1. The molecule has 0 bridgehead atoms. The highest BCUT2D eigenvalue weighted by Crippen LogP contribution is 2.45. The van der Waals surface area contributed by atoms with Crippen LogP contribution < -0.4 is 19.1 Å². The highest BCUT2D eigenvalue weighted by molar-refractivity contribution is 7.89. The number of carbonyl (C=O) groups excluding carboxylic acids is 2. The number of benzene rings is 2. The fourth-order valence-corrected chi connectivity index (χ4v) is 4.80. The molecule has 0 radical (unpaired) electrons. The van der Waals surface area contributed by atoms with Crippen LogP contribution in [-0.2, 0) is 24.3 Å². The first-order valence-electron chi connectivity index (χ1n) is 11.4. The van der Waals surface area contributed by atoms with Crippen LogP contribution in [0, 0.1) is 5.41 Å². The first kappa shape index (κ1) is 28.7. The summed E-state index contributed by atoms with van der Waals surface area (Å²) < 4.78 is 42.5. The number of halogens is 1. The molecule has 0 saturated carbocycles. The molecule has 0 saturated heterocycles. The van der Waals surface area contributed by atoms with E-state index >= 15 is 0 Å². The van der Waals surface area contributed by atoms with Crippen LogP contribution in [0.15, 0.2) is 36.4 Å². The van der Waals surface area contributed by atoms with E-state index in [-0.39, 0.29) is 13.2 Å². The van der Waals surface area contributed by atoms with Crippen LogP contribution in [0.2, 0.25) is 5.02 Å². The molecule has 3 rings (SSSR count). The average Bonchev–Trinajstić information content (AvgIpc) is 2.92. The second-order valence-corrected chi connectivity index (χ2v) is 11.7. The van der Waals surface area contributed by atoms with Crippen molar-refractivity contribution >= 4 is 39.1 Å². The fraction of sp³-hybridized carbons (Fsp3) is 0.440. The van der Waals surface area contributed by atoms with Crippen LogP contribution in [0.25, 0.3) is 0 Å². The summed E-state index contributed by atoms with van der Waals surface area (Å²) in [5, 5.41) is 10.3. The first-order valence-corrected chi connectivity index (χ1v) is 13.7. The van der Waals surface area contributed by atoms with E-state index in [4.69, 9.17) is 25.8 Å². The van der Waals surface area contributed by atoms with Gasteiger partial charge in [-0.1, -0.05) is 37.6 Å². The lowest BCUT2D eigenvalue weighted by Crippen LogP contribution is -2.46. The average molecular weight is 555 g/mol. The van der Waals surface area contributed by atoms with Crippen molar-refractivity contribution < 1.29 is 37.3 Å². The quantitative estimate of drug-likeness (QED) is 0.483. The zero-order chi connectivity index (χ0) is 27.5. The normalized spacial score (nSPS) is 18.1. The lowest BCUT2D eigenvalue weighted by Gasteiger charge is -2.32. The number of para-hydroxylation sites is 1. The van der Waals surface area contributed by atoms with E-state index in [1.807, 2.05) is 4.72 Å². The largest absolute Gasteiger partial charge is 0.493 e. The van der Waals surface area contributed by atoms with Gasteiger partial charge in [-0.05, 0) is 24.3 Å². The number of amides is 2. The number of carbonyl (C=O) groups is 2. The van der Waals surface area contributed by atoms with Gasteiger partial charge in [-0.25, -0.2) is 8.42 Å². The van der Waals surface area contributed by atoms with E-state index in [1.54, 1.807) is 50.2 Å². The third kappa shape index (κ3) is 6.72. The van der Waals surface area contributed by atoms with Crippen LogP contribution in [0.1, 0.15) is 37.5 Å². The standard InChI is InChI=1S/C25H31ClN2O8S/c1-25(2,14-29)13-28-18-10-9-15(26)11-17(18)22(16-7-6-8-19(34-3)23(16)35-4)36-20(24(28)31)12-21(30)27-37(5,32)33/h6-11,20,22,29H,12-14H2,1-5H3,(H,27,30)/t20-,22-/m1/s1. The Morgan fingerprint density at radius 3 is 2.49 bits per heavy atom. The van der Waals surface area contributed by atoms with Crippen LogP contribution in [-0.4, -0.2) is 65.1 Å². The van der Waals surface area contributed by atoms with Crippen molar-refractivity contribution in [2.45, 2.75) is 32.5 Å². The maximum Gasteiger partial charge on any atom is 0.256 e. The Morgan fingerprint density at radius 2 is 1.89 bits per heavy atom. The first-order chi connectivity index (χ1) is 17.3. The second kappa shape index (κ2) is 11.3. The Hall–Kier alpha value is -2.86. The van der Waals surface area contributed by atoms with E-state index in [0.717, 1.165) is 6.26 Å². The monoisotopic (exact) mass is 554 g/mol. The highest BCUT2D eigenvalue weighted by Gasteiger charge is 2.40. The third-order valence-corrected chi connectivity index (χ3v) is 6.64. The molecule has 2 atom stereocenters. The van der Waals surface area contributed by atoms with Crippen molar-refractivity contribution in [2.24, 2.45) is 5.41 Å². The molecule has 2 aromatic carbocycles. The summed E-state index contributed by atoms with van der Waals surface area (Å²) in [6.07, 6.45) is -2.03. The van der Waals surface area contributed by atoms with Crippen molar-refractivity contribution in [3.05, 3.63) is 52.5 Å². The fourth-order valence-electron chi connectivity index (χ4n) is 4.12. The molecule has 2 N–H and O–H groups in total. The van der Waals surface area contributed by atoms with Gasteiger partial charge in [-0.2, -0.15) is 0 Å². The summed E-state index contributed by atoms with van der Waals surface area (Å²) in [6, 6.07) is 10.1. The van der Waals surface area contributed by atoms with Crippen molar-refractivity contribution in [3.8, 4) is 11.5 Å². The summed E-state index contributed by atoms with van der Waals surface area (Å²) in [5.74, 6) is -0.690. The van der Waals surface area contributed by atoms with Crippen molar-refractivity contribution in [3.63, 3.8) is 0 Å². The molecule has 0 spiro atoms. The number of hydrogen-bond donors (Lipinski definition) is 2. The number of ether oxygens (including phenoxy) is 3. The Labute approximate surface area is 221 Å². The van der Waals surface area contributed by atoms with Gasteiger partial charge < -0.3 is 24.2 Å². The zero-order valence-corrected chi connectivity index (χ0v) is 22.9. The molecule has 10 nitrogen and oxygen atoms in total. The predicted molar refractivity (Wildman–Crippen MR) is 139 cm³/mol. The SMILES string of the molecule is COc1cccc([C@H]2O[C@H](CC(=O)NS(C)(=O)=O)C(=O)N(CC(C)(C)CO)c3ccc(Cl)cc32)c1OC. The van der Waals surface area contributed by atoms with Gasteiger partial charge in [0, 0.05) is 40.4 Å². The van der Waals surface area contributed by atoms with Crippen LogP contribution in [0.5, 0.6) is 11.5 Å². The molecule has 0 aromatic heterocycles. The third-order valence-electron chi connectivity index (χ3n) is 5.80. The summed E-state index contributed by atoms with van der Waals surface area (Å²) in [4.78, 5) is 27.9. The zero-order valence-electron chi connectivity index (χ0n) is 21.3. The molecule has 37 heavy (non-hydrogen) atoms. The summed E-state index contributed by atoms with van der Waals surface area (Å²) in [6.45, 7) is 3.45. The molecule has 12 heteroatoms. The van der Waals surface area contributed by atoms with Gasteiger partial charge in [0.2, 0.25) is 15.9 Å². The molecule has 0 unspecified atom stereocenters. The van der Waals surface area contributed by atoms with Gasteiger partial charge in [0.25, 0.3) is 5.91 Å². The van der Waals surface area contributed by atoms with Crippen molar-refractivity contribution in [1.29, 1.82) is 0 Å². The summed E-state index contributed by atoms with van der Waals surface area (Å²) in [5.41, 5.74) is 0.790. The van der Waals surface area contributed by atoms with Gasteiger partial charge in [0.05, 0.1) is 26.9 Å². The van der Waals surface area contributed by atoms with Crippen LogP contribution >= 0.6 is 11.6 Å². The Morgan fingerprint density at radius 1 is 1.19 bits per heavy atom. The predicted octanol–water partition coefficient (Wildman–Crippen LogP) is 2.66. The smallest absolute Gasteiger partial charge is 0.256 e. The van der Waals surface area contributed by atoms with Gasteiger partial charge in [0.1, 0.15) is 12.2 Å². The topological polar surface area (TPSA) is 131 Å². The number of fused-ring (bicyclic) bond motifs is 1. The van der Waals surface area contributed by atoms with Gasteiger partial charge in [-0.3, -0.25) is 14.3 Å². The minimum Gasteiger partial charge on any atom is -0.493 e. The van der Waals surface area contributed by atoms with Crippen molar-refractivity contribution in [2.75, 3.05) is 38.5 Å². The van der Waals surface area contributed by atoms with E-state index < -0.39 is 45.9 Å². The summed E-state index contributed by atoms with van der Waals surface area (Å²) >= 11 is 6.37. The minimum absolute atomic E-state index is 0.0898. The second-order valence-electron chi connectivity index (χ2n) is 9.54. The number of methoxy groups -OCH3 is 2. The molecule has 202 valence electrons. The lowest BCUT2D eigenvalue weighted by molar-refractivity contribution is -0.137. The molecule has 0 fully saturated rings. The molecule has 0 aliphatic carbocycles. The molecular formula is C25H31ClN2O8S. The summed E-state index contributed by atoms with van der Waals surface area (Å²) in [7, 11) is -0.904. The number of aliphatic hydroxyl groups excluding tert-OH is 1. The molecule has 2 aromatic rings. The number of nitrogens with one attached hydrogen (secondary N) is 1. The number of nitrogens with zero attached hydrogens (tertiary/aromatic N) is 1. The number of anilines is 1. The van der Waals surface area contributed by atoms with Gasteiger partial charge in [0.15, 0.2) is 11.5 Å². The number of hydrogen-bond acceptors (Lipinski definition) is 8. The molecule has 2 amide bonds. The molecule has 1 aliphatic rings. The van der Waals surface area contributed by atoms with Gasteiger partial charge >= 0.3 is 0 Å². The molecular weight excluding hydrogens is 524 g/mol. The van der Waals surface area contributed by atoms with Crippen LogP contribution in [0.3, 0.4) is 0 Å².